The van der Waals surface area contributed by atoms with E-state index in [1.54, 1.807) is 17.5 Å². The highest BCUT2D eigenvalue weighted by atomic mass is 32.2. The lowest BCUT2D eigenvalue weighted by Crippen LogP contribution is -2.44. The monoisotopic (exact) mass is 314 g/mol. The van der Waals surface area contributed by atoms with E-state index in [1.807, 2.05) is 0 Å². The van der Waals surface area contributed by atoms with Crippen LogP contribution in [-0.4, -0.2) is 39.0 Å². The summed E-state index contributed by atoms with van der Waals surface area (Å²) in [5.41, 5.74) is 1.32. The molecule has 0 bridgehead atoms. The van der Waals surface area contributed by atoms with Crippen LogP contribution in [0.5, 0.6) is 0 Å². The summed E-state index contributed by atoms with van der Waals surface area (Å²) in [5, 5.41) is 1.79. The van der Waals surface area contributed by atoms with Crippen molar-refractivity contribution in [2.24, 2.45) is 0 Å². The molecular formula is C14H22N2O2S2. The first-order valence-corrected chi connectivity index (χ1v) is 9.25. The van der Waals surface area contributed by atoms with Crippen LogP contribution in [0, 0.1) is 0 Å². The van der Waals surface area contributed by atoms with Crippen molar-refractivity contribution < 1.29 is 8.42 Å². The van der Waals surface area contributed by atoms with Gasteiger partial charge in [0.25, 0.3) is 0 Å². The van der Waals surface area contributed by atoms with Gasteiger partial charge in [-0.3, -0.25) is 4.90 Å². The van der Waals surface area contributed by atoms with Crippen molar-refractivity contribution in [3.8, 4) is 0 Å². The number of hydrogen-bond donors (Lipinski definition) is 1. The Kier molecular flexibility index (Phi) is 5.37. The number of likely N-dealkylation sites (tertiary alicyclic amines) is 1. The van der Waals surface area contributed by atoms with E-state index in [-0.39, 0.29) is 6.04 Å². The van der Waals surface area contributed by atoms with E-state index in [9.17, 15) is 8.42 Å². The molecule has 1 aliphatic rings. The number of piperidine rings is 1. The molecular weight excluding hydrogens is 292 g/mol. The highest BCUT2D eigenvalue weighted by molar-refractivity contribution is 7.91. The van der Waals surface area contributed by atoms with E-state index in [4.69, 9.17) is 0 Å². The van der Waals surface area contributed by atoms with Crippen LogP contribution in [0.1, 0.15) is 26.7 Å². The van der Waals surface area contributed by atoms with Gasteiger partial charge in [-0.1, -0.05) is 17.7 Å². The number of nitrogens with zero attached hydrogens (tertiary/aromatic N) is 1. The predicted molar refractivity (Wildman–Crippen MR) is 83.5 cm³/mol. The first-order chi connectivity index (χ1) is 9.47. The molecule has 0 radical (unpaired) electrons. The summed E-state index contributed by atoms with van der Waals surface area (Å²) in [5.74, 6) is 0. The van der Waals surface area contributed by atoms with Gasteiger partial charge in [-0.05, 0) is 51.2 Å². The van der Waals surface area contributed by atoms with Crippen LogP contribution in [0.3, 0.4) is 0 Å². The molecule has 0 atom stereocenters. The molecule has 1 aliphatic heterocycles. The largest absolute Gasteiger partial charge is 0.300 e. The lowest BCUT2D eigenvalue weighted by atomic mass is 10.1. The van der Waals surface area contributed by atoms with Gasteiger partial charge in [0.2, 0.25) is 10.0 Å². The summed E-state index contributed by atoms with van der Waals surface area (Å²) in [7, 11) is -3.32. The van der Waals surface area contributed by atoms with Crippen molar-refractivity contribution in [2.45, 2.75) is 36.9 Å². The first kappa shape index (κ1) is 15.7. The fourth-order valence-corrected chi connectivity index (χ4v) is 4.55. The molecule has 2 rings (SSSR count). The van der Waals surface area contributed by atoms with Crippen molar-refractivity contribution in [3.63, 3.8) is 0 Å². The molecule has 4 nitrogen and oxygen atoms in total. The normalized spacial score (nSPS) is 18.1. The molecule has 6 heteroatoms. The molecule has 0 aliphatic carbocycles. The van der Waals surface area contributed by atoms with Gasteiger partial charge < -0.3 is 0 Å². The van der Waals surface area contributed by atoms with Crippen LogP contribution in [0.2, 0.25) is 0 Å². The average molecular weight is 314 g/mol. The minimum Gasteiger partial charge on any atom is -0.300 e. The minimum absolute atomic E-state index is 0.0602. The fraction of sp³-hybridized carbons (Fsp3) is 0.571. The van der Waals surface area contributed by atoms with Gasteiger partial charge in [0.05, 0.1) is 0 Å². The number of hydrogen-bond acceptors (Lipinski definition) is 4. The third-order valence-electron chi connectivity index (χ3n) is 3.43. The number of rotatable bonds is 5. The van der Waals surface area contributed by atoms with Crippen LogP contribution >= 0.6 is 11.3 Å². The number of sulfonamides is 1. The SMILES string of the molecule is CC(C)=CCN1CCC(NS(=O)(=O)c2cccs2)CC1. The van der Waals surface area contributed by atoms with Gasteiger partial charge in [0, 0.05) is 12.6 Å². The van der Waals surface area contributed by atoms with Crippen LogP contribution in [-0.2, 0) is 10.0 Å². The zero-order chi connectivity index (χ0) is 14.6. The van der Waals surface area contributed by atoms with Gasteiger partial charge in [0.1, 0.15) is 4.21 Å². The summed E-state index contributed by atoms with van der Waals surface area (Å²) in [6, 6.07) is 3.48. The Bertz CT molecular complexity index is 538. The van der Waals surface area contributed by atoms with E-state index >= 15 is 0 Å². The molecule has 2 heterocycles. The molecule has 20 heavy (non-hydrogen) atoms. The fourth-order valence-electron chi connectivity index (χ4n) is 2.24. The molecule has 1 saturated heterocycles. The Morgan fingerprint density at radius 1 is 1.45 bits per heavy atom. The molecule has 0 unspecified atom stereocenters. The van der Waals surface area contributed by atoms with Crippen molar-refractivity contribution in [2.75, 3.05) is 19.6 Å². The standard InChI is InChI=1S/C14H22N2O2S2/c1-12(2)5-8-16-9-6-13(7-10-16)15-20(17,18)14-4-3-11-19-14/h3-5,11,13,15H,6-10H2,1-2H3. The van der Waals surface area contributed by atoms with E-state index in [0.717, 1.165) is 32.5 Å². The van der Waals surface area contributed by atoms with Gasteiger partial charge in [0.15, 0.2) is 0 Å². The summed E-state index contributed by atoms with van der Waals surface area (Å²) < 4.78 is 27.5. The molecule has 112 valence electrons. The number of thiophene rings is 1. The van der Waals surface area contributed by atoms with E-state index in [0.29, 0.717) is 4.21 Å². The highest BCUT2D eigenvalue weighted by Gasteiger charge is 2.24. The van der Waals surface area contributed by atoms with Crippen molar-refractivity contribution in [1.29, 1.82) is 0 Å². The summed E-state index contributed by atoms with van der Waals surface area (Å²) in [6.07, 6.45) is 3.97. The minimum atomic E-state index is -3.32. The Labute approximate surface area is 125 Å². The zero-order valence-electron chi connectivity index (χ0n) is 12.0. The van der Waals surface area contributed by atoms with E-state index in [2.05, 4.69) is 29.5 Å². The van der Waals surface area contributed by atoms with E-state index < -0.39 is 10.0 Å². The third kappa shape index (κ3) is 4.41. The molecule has 1 aromatic heterocycles. The van der Waals surface area contributed by atoms with Gasteiger partial charge in [-0.2, -0.15) is 0 Å². The average Bonchev–Trinajstić information content (AvgIpc) is 2.92. The quantitative estimate of drug-likeness (QED) is 0.849. The maximum absolute atomic E-state index is 12.1. The van der Waals surface area contributed by atoms with Crippen molar-refractivity contribution in [3.05, 3.63) is 29.2 Å². The summed E-state index contributed by atoms with van der Waals surface area (Å²) >= 11 is 1.26. The third-order valence-corrected chi connectivity index (χ3v) is 6.35. The highest BCUT2D eigenvalue weighted by Crippen LogP contribution is 2.18. The molecule has 1 fully saturated rings. The van der Waals surface area contributed by atoms with Gasteiger partial charge >= 0.3 is 0 Å². The zero-order valence-corrected chi connectivity index (χ0v) is 13.6. The van der Waals surface area contributed by atoms with Crippen LogP contribution in [0.15, 0.2) is 33.4 Å². The first-order valence-electron chi connectivity index (χ1n) is 6.89. The second kappa shape index (κ2) is 6.85. The number of allylic oxidation sites excluding steroid dienone is 1. The van der Waals surface area contributed by atoms with Gasteiger partial charge in [-0.25, -0.2) is 13.1 Å². The lowest BCUT2D eigenvalue weighted by molar-refractivity contribution is 0.226. The molecule has 1 aromatic rings. The molecule has 0 saturated carbocycles. The number of nitrogens with one attached hydrogen (secondary N) is 1. The van der Waals surface area contributed by atoms with Gasteiger partial charge in [-0.15, -0.1) is 11.3 Å². The molecule has 0 spiro atoms. The van der Waals surface area contributed by atoms with E-state index in [1.165, 1.54) is 16.9 Å². The smallest absolute Gasteiger partial charge is 0.250 e. The Morgan fingerprint density at radius 2 is 2.15 bits per heavy atom. The molecule has 0 amide bonds. The lowest BCUT2D eigenvalue weighted by Gasteiger charge is -2.31. The predicted octanol–water partition coefficient (Wildman–Crippen LogP) is 2.46. The molecule has 0 aromatic carbocycles. The maximum atomic E-state index is 12.1. The maximum Gasteiger partial charge on any atom is 0.250 e. The van der Waals surface area contributed by atoms with Crippen LogP contribution in [0.4, 0.5) is 0 Å². The molecule has 1 N–H and O–H groups in total. The van der Waals surface area contributed by atoms with Crippen LogP contribution < -0.4 is 4.72 Å². The second-order valence-corrected chi connectivity index (χ2v) is 8.30. The second-order valence-electron chi connectivity index (χ2n) is 5.41. The Balaban J connectivity index is 1.84. The summed E-state index contributed by atoms with van der Waals surface area (Å²) in [6.45, 7) is 7.05. The summed E-state index contributed by atoms with van der Waals surface area (Å²) in [4.78, 5) is 2.36. The van der Waals surface area contributed by atoms with Crippen molar-refractivity contribution in [1.82, 2.24) is 9.62 Å². The Morgan fingerprint density at radius 3 is 2.70 bits per heavy atom. The van der Waals surface area contributed by atoms with Crippen molar-refractivity contribution >= 4 is 21.4 Å². The topological polar surface area (TPSA) is 49.4 Å². The Hall–Kier alpha value is -0.690. The van der Waals surface area contributed by atoms with Crippen LogP contribution in [0.25, 0.3) is 0 Å².